The zero-order valence-electron chi connectivity index (χ0n) is 17.9. The predicted molar refractivity (Wildman–Crippen MR) is 109 cm³/mol. The first-order valence-electron chi connectivity index (χ1n) is 9.52. The normalized spacial score (nSPS) is 17.2. The molecule has 3 rings (SSSR count). The van der Waals surface area contributed by atoms with Gasteiger partial charge in [-0.15, -0.1) is 0 Å². The Hall–Kier alpha value is -3.01. The van der Waals surface area contributed by atoms with Crippen LogP contribution in [0.4, 0.5) is 0 Å². The highest BCUT2D eigenvalue weighted by Crippen LogP contribution is 2.45. The summed E-state index contributed by atoms with van der Waals surface area (Å²) in [5.41, 5.74) is 1.19. The fourth-order valence-electron chi connectivity index (χ4n) is 3.20. The minimum Gasteiger partial charge on any atom is -0.493 e. The maximum absolute atomic E-state index is 11.2. The van der Waals surface area contributed by atoms with E-state index >= 15 is 0 Å². The van der Waals surface area contributed by atoms with Gasteiger partial charge in [0.05, 0.1) is 20.8 Å². The second kappa shape index (κ2) is 10.9. The maximum Gasteiger partial charge on any atom is 0.206 e. The third-order valence-electron chi connectivity index (χ3n) is 4.59. The molecular weight excluding hydrogens is 408 g/mol. The Kier molecular flexibility index (Phi) is 7.94. The second-order valence-electron chi connectivity index (χ2n) is 6.60. The molecule has 0 saturated carbocycles. The topological polar surface area (TPSA) is 90.9 Å². The smallest absolute Gasteiger partial charge is 0.206 e. The highest BCUT2D eigenvalue weighted by atomic mass is 16.7. The number of ether oxygens (including phenoxy) is 8. The van der Waals surface area contributed by atoms with Crippen LogP contribution in [-0.4, -0.2) is 61.0 Å². The van der Waals surface area contributed by atoms with E-state index in [2.05, 4.69) is 0 Å². The summed E-state index contributed by atoms with van der Waals surface area (Å²) in [7, 11) is 6.12. The Morgan fingerprint density at radius 1 is 0.903 bits per heavy atom. The molecule has 0 aliphatic carbocycles. The largest absolute Gasteiger partial charge is 0.493 e. The zero-order chi connectivity index (χ0) is 22.2. The Morgan fingerprint density at radius 3 is 2.23 bits per heavy atom. The van der Waals surface area contributed by atoms with E-state index in [0.717, 1.165) is 6.29 Å². The van der Waals surface area contributed by atoms with Crippen LogP contribution in [0.25, 0.3) is 0 Å². The van der Waals surface area contributed by atoms with Crippen molar-refractivity contribution in [2.45, 2.75) is 12.2 Å². The van der Waals surface area contributed by atoms with Crippen LogP contribution < -0.4 is 23.7 Å². The van der Waals surface area contributed by atoms with Crippen molar-refractivity contribution in [2.75, 3.05) is 48.6 Å². The molecule has 2 atom stereocenters. The average molecular weight is 434 g/mol. The molecule has 0 N–H and O–H groups in total. The molecule has 31 heavy (non-hydrogen) atoms. The van der Waals surface area contributed by atoms with Gasteiger partial charge < -0.3 is 37.9 Å². The van der Waals surface area contributed by atoms with Gasteiger partial charge >= 0.3 is 0 Å². The molecule has 0 amide bonds. The van der Waals surface area contributed by atoms with Crippen LogP contribution in [0.2, 0.25) is 0 Å². The Morgan fingerprint density at radius 2 is 1.61 bits per heavy atom. The van der Waals surface area contributed by atoms with Gasteiger partial charge in [0.2, 0.25) is 5.75 Å². The number of hydrogen-bond acceptors (Lipinski definition) is 9. The van der Waals surface area contributed by atoms with E-state index in [0.29, 0.717) is 39.9 Å². The van der Waals surface area contributed by atoms with Crippen molar-refractivity contribution in [3.05, 3.63) is 41.5 Å². The molecule has 0 unspecified atom stereocenters. The van der Waals surface area contributed by atoms with E-state index in [1.807, 2.05) is 0 Å². The molecule has 9 heteroatoms. The number of carbonyl (C=O) groups excluding carboxylic acids is 1. The highest BCUT2D eigenvalue weighted by Gasteiger charge is 2.35. The number of aldehydes is 1. The first-order valence-corrected chi connectivity index (χ1v) is 9.52. The summed E-state index contributed by atoms with van der Waals surface area (Å²) in [6, 6.07) is 8.54. The SMILES string of the molecule is COCOC[C@H]1Oc2ccc(C=O)cc2O[C@@H]1c1cc(OC)c(OCOC)c(OC)c1. The third-order valence-corrected chi connectivity index (χ3v) is 4.59. The minimum atomic E-state index is -0.578. The van der Waals surface area contributed by atoms with Gasteiger partial charge in [-0.2, -0.15) is 0 Å². The molecule has 9 nitrogen and oxygen atoms in total. The number of fused-ring (bicyclic) bond motifs is 1. The Bertz CT molecular complexity index is 858. The van der Waals surface area contributed by atoms with Crippen LogP contribution >= 0.6 is 0 Å². The number of rotatable bonds is 11. The summed E-state index contributed by atoms with van der Waals surface area (Å²) in [5.74, 6) is 2.27. The zero-order valence-corrected chi connectivity index (χ0v) is 17.9. The van der Waals surface area contributed by atoms with Crippen LogP contribution in [0.1, 0.15) is 22.0 Å². The lowest BCUT2D eigenvalue weighted by Gasteiger charge is -2.34. The van der Waals surface area contributed by atoms with Crippen LogP contribution in [0.15, 0.2) is 30.3 Å². The van der Waals surface area contributed by atoms with Crippen molar-refractivity contribution in [2.24, 2.45) is 0 Å². The molecule has 0 bridgehead atoms. The van der Waals surface area contributed by atoms with Gasteiger partial charge in [0.25, 0.3) is 0 Å². The molecule has 1 aliphatic heterocycles. The molecule has 0 spiro atoms. The van der Waals surface area contributed by atoms with Crippen LogP contribution in [-0.2, 0) is 14.2 Å². The fraction of sp³-hybridized carbons (Fsp3) is 0.409. The second-order valence-corrected chi connectivity index (χ2v) is 6.60. The summed E-state index contributed by atoms with van der Waals surface area (Å²) >= 11 is 0. The maximum atomic E-state index is 11.2. The van der Waals surface area contributed by atoms with Gasteiger partial charge in [-0.05, 0) is 30.3 Å². The molecule has 168 valence electrons. The average Bonchev–Trinajstić information content (AvgIpc) is 2.81. The van der Waals surface area contributed by atoms with E-state index in [9.17, 15) is 4.79 Å². The minimum absolute atomic E-state index is 0.0322. The van der Waals surface area contributed by atoms with Crippen molar-refractivity contribution in [3.63, 3.8) is 0 Å². The first kappa shape index (κ1) is 22.7. The molecule has 0 fully saturated rings. The summed E-state index contributed by atoms with van der Waals surface area (Å²) in [4.78, 5) is 11.2. The molecule has 1 heterocycles. The predicted octanol–water partition coefficient (Wildman–Crippen LogP) is 3.00. The monoisotopic (exact) mass is 434 g/mol. The van der Waals surface area contributed by atoms with Crippen LogP contribution in [0.3, 0.4) is 0 Å². The fourth-order valence-corrected chi connectivity index (χ4v) is 3.20. The van der Waals surface area contributed by atoms with Crippen LogP contribution in [0.5, 0.6) is 28.7 Å². The first-order chi connectivity index (χ1) is 15.1. The molecule has 2 aromatic carbocycles. The summed E-state index contributed by atoms with van der Waals surface area (Å²) < 4.78 is 44.5. The van der Waals surface area contributed by atoms with Crippen molar-refractivity contribution in [1.82, 2.24) is 0 Å². The van der Waals surface area contributed by atoms with Gasteiger partial charge in [-0.25, -0.2) is 0 Å². The van der Waals surface area contributed by atoms with E-state index < -0.39 is 12.2 Å². The molecule has 2 aromatic rings. The lowest BCUT2D eigenvalue weighted by atomic mass is 10.0. The number of hydrogen-bond donors (Lipinski definition) is 0. The quantitative estimate of drug-likeness (QED) is 0.301. The lowest BCUT2D eigenvalue weighted by Crippen LogP contribution is -2.37. The van der Waals surface area contributed by atoms with Gasteiger partial charge in [0, 0.05) is 25.3 Å². The van der Waals surface area contributed by atoms with Crippen molar-refractivity contribution in [3.8, 4) is 28.7 Å². The Balaban J connectivity index is 2.00. The summed E-state index contributed by atoms with van der Waals surface area (Å²) in [6.07, 6.45) is -0.323. The van der Waals surface area contributed by atoms with Gasteiger partial charge in [-0.3, -0.25) is 4.79 Å². The van der Waals surface area contributed by atoms with E-state index in [4.69, 9.17) is 37.9 Å². The summed E-state index contributed by atoms with van der Waals surface area (Å²) in [5, 5.41) is 0. The van der Waals surface area contributed by atoms with E-state index in [1.54, 1.807) is 37.4 Å². The number of methoxy groups -OCH3 is 4. The number of carbonyl (C=O) groups is 1. The van der Waals surface area contributed by atoms with Crippen molar-refractivity contribution < 1.29 is 42.7 Å². The molecule has 0 radical (unpaired) electrons. The van der Waals surface area contributed by atoms with E-state index in [1.165, 1.54) is 21.3 Å². The van der Waals surface area contributed by atoms with E-state index in [-0.39, 0.29) is 20.2 Å². The number of benzene rings is 2. The lowest BCUT2D eigenvalue weighted by molar-refractivity contribution is -0.0869. The Labute approximate surface area is 180 Å². The van der Waals surface area contributed by atoms with Crippen LogP contribution in [0, 0.1) is 0 Å². The standard InChI is InChI=1S/C22H26O9/c1-24-12-28-11-20-21(31-17-7-14(10-23)5-6-16(17)30-20)15-8-18(26-3)22(29-13-25-2)19(9-15)27-4/h5-10,20-21H,11-13H2,1-4H3/t20-,21-/m1/s1. The van der Waals surface area contributed by atoms with Gasteiger partial charge in [0.1, 0.15) is 13.1 Å². The molecule has 0 saturated heterocycles. The highest BCUT2D eigenvalue weighted by molar-refractivity contribution is 5.76. The molecule has 0 aromatic heterocycles. The molecule has 1 aliphatic rings. The van der Waals surface area contributed by atoms with Gasteiger partial charge in [0.15, 0.2) is 42.0 Å². The van der Waals surface area contributed by atoms with Crippen molar-refractivity contribution in [1.29, 1.82) is 0 Å². The van der Waals surface area contributed by atoms with Gasteiger partial charge in [-0.1, -0.05) is 0 Å². The third kappa shape index (κ3) is 5.19. The molecular formula is C22H26O9. The summed E-state index contributed by atoms with van der Waals surface area (Å²) in [6.45, 7) is 0.352. The van der Waals surface area contributed by atoms with Crippen molar-refractivity contribution >= 4 is 6.29 Å².